The topological polar surface area (TPSA) is 32.7 Å². The minimum absolute atomic E-state index is 0.158. The molecule has 0 bridgehead atoms. The van der Waals surface area contributed by atoms with Crippen LogP contribution in [0.2, 0.25) is 20.1 Å². The summed E-state index contributed by atoms with van der Waals surface area (Å²) in [4.78, 5) is 12.0. The number of hydrazone groups is 1. The third kappa shape index (κ3) is 4.24. The number of carbonyl (C=O) groups is 1. The molecule has 3 nitrogen and oxygen atoms in total. The highest BCUT2D eigenvalue weighted by atomic mass is 35.5. The number of nitrogens with zero attached hydrogens (tertiary/aromatic N) is 2. The van der Waals surface area contributed by atoms with Crippen molar-refractivity contribution in [1.82, 2.24) is 5.01 Å². The van der Waals surface area contributed by atoms with E-state index in [2.05, 4.69) is 5.10 Å². The second-order valence-electron chi connectivity index (χ2n) is 5.84. The molecule has 1 aliphatic rings. The second kappa shape index (κ2) is 8.01. The minimum Gasteiger partial charge on any atom is -0.273 e. The molecule has 1 aliphatic heterocycles. The highest BCUT2D eigenvalue weighted by Crippen LogP contribution is 2.36. The Balaban J connectivity index is 1.87. The van der Waals surface area contributed by atoms with Gasteiger partial charge in [-0.15, -0.1) is 0 Å². The number of allylic oxidation sites excluding steroid dienone is 1. The van der Waals surface area contributed by atoms with Crippen LogP contribution in [0.15, 0.2) is 47.6 Å². The maximum absolute atomic E-state index is 12.0. The zero-order valence-electron chi connectivity index (χ0n) is 13.7. The first-order valence-corrected chi connectivity index (χ1v) is 9.31. The van der Waals surface area contributed by atoms with E-state index in [1.165, 1.54) is 11.9 Å². The van der Waals surface area contributed by atoms with Crippen LogP contribution >= 0.6 is 46.4 Å². The molecular weight excluding hydrogens is 414 g/mol. The fraction of sp³-hybridized carbons (Fsp3) is 0.158. The summed E-state index contributed by atoms with van der Waals surface area (Å²) in [5, 5.41) is 8.05. The average molecular weight is 428 g/mol. The van der Waals surface area contributed by atoms with Crippen molar-refractivity contribution in [3.8, 4) is 0 Å². The lowest BCUT2D eigenvalue weighted by Crippen LogP contribution is -2.24. The standard InChI is InChI=1S/C19H14Cl4N2O/c1-11(26)25-19(16-7-5-14(21)9-18(16)23)10-15(24-25)6-3-12-2-4-13(20)8-17(12)22/h2-9,19H,10H2,1H3/b6-3+. The molecular formula is C19H14Cl4N2O. The number of benzene rings is 2. The van der Waals surface area contributed by atoms with Gasteiger partial charge in [-0.25, -0.2) is 5.01 Å². The Bertz CT molecular complexity index is 924. The molecule has 2 aromatic carbocycles. The molecule has 0 aromatic heterocycles. The summed E-state index contributed by atoms with van der Waals surface area (Å²) in [6.07, 6.45) is 4.24. The van der Waals surface area contributed by atoms with Crippen LogP contribution in [0.5, 0.6) is 0 Å². The fourth-order valence-corrected chi connectivity index (χ4v) is 3.77. The quantitative estimate of drug-likeness (QED) is 0.538. The number of halogens is 4. The summed E-state index contributed by atoms with van der Waals surface area (Å²) < 4.78 is 0. The summed E-state index contributed by atoms with van der Waals surface area (Å²) in [5.74, 6) is -0.158. The predicted octanol–water partition coefficient (Wildman–Crippen LogP) is 6.66. The van der Waals surface area contributed by atoms with Crippen molar-refractivity contribution in [3.63, 3.8) is 0 Å². The molecule has 0 saturated carbocycles. The Hall–Kier alpha value is -1.52. The fourth-order valence-electron chi connectivity index (χ4n) is 2.76. The normalized spacial score (nSPS) is 17.0. The van der Waals surface area contributed by atoms with E-state index in [4.69, 9.17) is 46.4 Å². The van der Waals surface area contributed by atoms with Gasteiger partial charge in [-0.3, -0.25) is 4.79 Å². The molecule has 0 fully saturated rings. The summed E-state index contributed by atoms with van der Waals surface area (Å²) >= 11 is 24.4. The third-order valence-corrected chi connectivity index (χ3v) is 5.12. The zero-order chi connectivity index (χ0) is 18.8. The maximum atomic E-state index is 12.0. The van der Waals surface area contributed by atoms with Gasteiger partial charge in [0.2, 0.25) is 5.91 Å². The number of rotatable bonds is 3. The molecule has 1 amide bonds. The molecule has 0 saturated heterocycles. The second-order valence-corrected chi connectivity index (χ2v) is 7.53. The first-order valence-electron chi connectivity index (χ1n) is 7.80. The van der Waals surface area contributed by atoms with Crippen LogP contribution in [0.1, 0.15) is 30.5 Å². The van der Waals surface area contributed by atoms with Gasteiger partial charge in [-0.2, -0.15) is 5.10 Å². The van der Waals surface area contributed by atoms with Gasteiger partial charge < -0.3 is 0 Å². The van der Waals surface area contributed by atoms with Gasteiger partial charge in [0, 0.05) is 33.4 Å². The SMILES string of the molecule is CC(=O)N1N=C(/C=C/c2ccc(Cl)cc2Cl)CC1c1ccc(Cl)cc1Cl. The third-order valence-electron chi connectivity index (χ3n) is 4.00. The average Bonchev–Trinajstić information content (AvgIpc) is 2.98. The number of hydrogen-bond donors (Lipinski definition) is 0. The number of hydrogen-bond acceptors (Lipinski definition) is 2. The lowest BCUT2D eigenvalue weighted by Gasteiger charge is -2.21. The lowest BCUT2D eigenvalue weighted by atomic mass is 10.0. The van der Waals surface area contributed by atoms with Gasteiger partial charge >= 0.3 is 0 Å². The summed E-state index contributed by atoms with van der Waals surface area (Å²) in [7, 11) is 0. The highest BCUT2D eigenvalue weighted by molar-refractivity contribution is 6.36. The molecule has 26 heavy (non-hydrogen) atoms. The molecule has 0 radical (unpaired) electrons. The van der Waals surface area contributed by atoms with Crippen LogP contribution in [0.3, 0.4) is 0 Å². The molecule has 1 atom stereocenters. The van der Waals surface area contributed by atoms with Crippen molar-refractivity contribution in [2.45, 2.75) is 19.4 Å². The van der Waals surface area contributed by atoms with E-state index in [1.807, 2.05) is 24.3 Å². The van der Waals surface area contributed by atoms with E-state index in [9.17, 15) is 4.79 Å². The van der Waals surface area contributed by atoms with Crippen LogP contribution < -0.4 is 0 Å². The van der Waals surface area contributed by atoms with Crippen LogP contribution in [-0.2, 0) is 4.79 Å². The van der Waals surface area contributed by atoms with Crippen LogP contribution in [0.25, 0.3) is 6.08 Å². The Morgan fingerprint density at radius 3 is 2.31 bits per heavy atom. The van der Waals surface area contributed by atoms with Crippen molar-refractivity contribution in [3.05, 3.63) is 73.7 Å². The molecule has 1 unspecified atom stereocenters. The van der Waals surface area contributed by atoms with Crippen molar-refractivity contribution >= 4 is 64.1 Å². The Morgan fingerprint density at radius 1 is 1.04 bits per heavy atom. The number of amides is 1. The number of carbonyl (C=O) groups excluding carboxylic acids is 1. The van der Waals surface area contributed by atoms with E-state index in [0.29, 0.717) is 26.5 Å². The Morgan fingerprint density at radius 2 is 1.69 bits per heavy atom. The monoisotopic (exact) mass is 426 g/mol. The smallest absolute Gasteiger partial charge is 0.240 e. The van der Waals surface area contributed by atoms with Crippen molar-refractivity contribution in [1.29, 1.82) is 0 Å². The molecule has 2 aromatic rings. The van der Waals surface area contributed by atoms with Gasteiger partial charge in [0.25, 0.3) is 0 Å². The van der Waals surface area contributed by atoms with Crippen molar-refractivity contribution < 1.29 is 4.79 Å². The minimum atomic E-state index is -0.266. The van der Waals surface area contributed by atoms with Gasteiger partial charge in [-0.1, -0.05) is 64.6 Å². The van der Waals surface area contributed by atoms with Crippen LogP contribution in [-0.4, -0.2) is 16.6 Å². The summed E-state index contributed by atoms with van der Waals surface area (Å²) in [5.41, 5.74) is 2.38. The Kier molecular flexibility index (Phi) is 5.93. The van der Waals surface area contributed by atoms with Gasteiger partial charge in [0.1, 0.15) is 0 Å². The van der Waals surface area contributed by atoms with Crippen molar-refractivity contribution in [2.75, 3.05) is 0 Å². The Labute approximate surface area is 171 Å². The molecule has 0 N–H and O–H groups in total. The predicted molar refractivity (Wildman–Crippen MR) is 109 cm³/mol. The van der Waals surface area contributed by atoms with E-state index in [1.54, 1.807) is 24.3 Å². The first kappa shape index (κ1) is 19.2. The summed E-state index contributed by atoms with van der Waals surface area (Å²) in [6, 6.07) is 10.2. The van der Waals surface area contributed by atoms with E-state index in [-0.39, 0.29) is 11.9 Å². The largest absolute Gasteiger partial charge is 0.273 e. The van der Waals surface area contributed by atoms with Crippen LogP contribution in [0, 0.1) is 0 Å². The van der Waals surface area contributed by atoms with Crippen molar-refractivity contribution in [2.24, 2.45) is 5.10 Å². The maximum Gasteiger partial charge on any atom is 0.240 e. The van der Waals surface area contributed by atoms with Gasteiger partial charge in [-0.05, 0) is 41.5 Å². The molecule has 1 heterocycles. The van der Waals surface area contributed by atoms with Gasteiger partial charge in [0.15, 0.2) is 0 Å². The zero-order valence-corrected chi connectivity index (χ0v) is 16.7. The van der Waals surface area contributed by atoms with Crippen LogP contribution in [0.4, 0.5) is 0 Å². The summed E-state index contributed by atoms with van der Waals surface area (Å²) in [6.45, 7) is 1.48. The molecule has 134 valence electrons. The van der Waals surface area contributed by atoms with Gasteiger partial charge in [0.05, 0.1) is 11.8 Å². The highest BCUT2D eigenvalue weighted by Gasteiger charge is 2.31. The molecule has 0 aliphatic carbocycles. The lowest BCUT2D eigenvalue weighted by molar-refractivity contribution is -0.130. The molecule has 3 rings (SSSR count). The van der Waals surface area contributed by atoms with E-state index >= 15 is 0 Å². The molecule has 0 spiro atoms. The van der Waals surface area contributed by atoms with E-state index in [0.717, 1.165) is 16.8 Å². The molecule has 7 heteroatoms. The first-order chi connectivity index (χ1) is 12.3. The van der Waals surface area contributed by atoms with E-state index < -0.39 is 0 Å².